The third-order valence-corrected chi connectivity index (χ3v) is 2.08. The molecule has 7 heteroatoms. The third-order valence-electron chi connectivity index (χ3n) is 2.08. The first-order valence-corrected chi connectivity index (χ1v) is 5.36. The van der Waals surface area contributed by atoms with E-state index in [1.807, 2.05) is 20.8 Å². The van der Waals surface area contributed by atoms with Gasteiger partial charge in [-0.25, -0.2) is 9.67 Å². The van der Waals surface area contributed by atoms with E-state index in [1.165, 1.54) is 11.0 Å². The van der Waals surface area contributed by atoms with E-state index in [9.17, 15) is 13.2 Å². The van der Waals surface area contributed by atoms with Crippen molar-refractivity contribution in [1.29, 1.82) is 0 Å². The van der Waals surface area contributed by atoms with Gasteiger partial charge in [0.05, 0.1) is 19.5 Å². The Bertz CT molecular complexity index is 319. The molecule has 0 aliphatic rings. The third kappa shape index (κ3) is 5.67. The molecule has 17 heavy (non-hydrogen) atoms. The Kier molecular flexibility index (Phi) is 4.13. The molecule has 0 aliphatic carbocycles. The molecule has 1 aromatic heterocycles. The molecular weight excluding hydrogens is 233 g/mol. The molecule has 0 radical (unpaired) electrons. The van der Waals surface area contributed by atoms with Gasteiger partial charge in [-0.1, -0.05) is 0 Å². The molecule has 0 saturated carbocycles. The molecule has 98 valence electrons. The first-order valence-electron chi connectivity index (χ1n) is 5.36. The standard InChI is InChI=1S/C10H17F3N4/c1-9(2,3)15-6-8-14-7-16-17(8)5-4-10(11,12)13/h7,15H,4-6H2,1-3H3. The molecule has 0 aromatic carbocycles. The van der Waals surface area contributed by atoms with Gasteiger partial charge in [-0.15, -0.1) is 0 Å². The van der Waals surface area contributed by atoms with Crippen molar-refractivity contribution in [3.8, 4) is 0 Å². The fourth-order valence-electron chi connectivity index (χ4n) is 1.19. The highest BCUT2D eigenvalue weighted by Gasteiger charge is 2.27. The van der Waals surface area contributed by atoms with Gasteiger partial charge in [-0.2, -0.15) is 18.3 Å². The van der Waals surface area contributed by atoms with Crippen molar-refractivity contribution in [2.24, 2.45) is 0 Å². The van der Waals surface area contributed by atoms with Gasteiger partial charge in [0.25, 0.3) is 0 Å². The van der Waals surface area contributed by atoms with E-state index in [0.29, 0.717) is 12.4 Å². The predicted octanol–water partition coefficient (Wildman–Crippen LogP) is 2.12. The van der Waals surface area contributed by atoms with Crippen LogP contribution in [0.1, 0.15) is 33.0 Å². The molecule has 1 rings (SSSR count). The zero-order chi connectivity index (χ0) is 13.1. The second-order valence-electron chi connectivity index (χ2n) is 4.87. The lowest BCUT2D eigenvalue weighted by molar-refractivity contribution is -0.137. The van der Waals surface area contributed by atoms with Crippen molar-refractivity contribution < 1.29 is 13.2 Å². The molecule has 0 aliphatic heterocycles. The smallest absolute Gasteiger partial charge is 0.305 e. The zero-order valence-corrected chi connectivity index (χ0v) is 10.2. The Morgan fingerprint density at radius 2 is 1.94 bits per heavy atom. The Balaban J connectivity index is 2.54. The first kappa shape index (κ1) is 14.0. The van der Waals surface area contributed by atoms with Crippen molar-refractivity contribution >= 4 is 0 Å². The van der Waals surface area contributed by atoms with Crippen LogP contribution in [0, 0.1) is 0 Å². The van der Waals surface area contributed by atoms with Gasteiger partial charge in [0.2, 0.25) is 0 Å². The monoisotopic (exact) mass is 250 g/mol. The number of aromatic nitrogens is 3. The summed E-state index contributed by atoms with van der Waals surface area (Å²) in [5.74, 6) is 0.518. The number of nitrogens with zero attached hydrogens (tertiary/aromatic N) is 3. The fraction of sp³-hybridized carbons (Fsp3) is 0.800. The molecule has 0 spiro atoms. The number of nitrogens with one attached hydrogen (secondary N) is 1. The van der Waals surface area contributed by atoms with E-state index in [0.717, 1.165) is 0 Å². The van der Waals surface area contributed by atoms with Crippen molar-refractivity contribution in [2.45, 2.75) is 52.0 Å². The average Bonchev–Trinajstić information content (AvgIpc) is 2.56. The molecule has 0 fully saturated rings. The minimum Gasteiger partial charge on any atom is -0.305 e. The summed E-state index contributed by atoms with van der Waals surface area (Å²) < 4.78 is 37.5. The maximum absolute atomic E-state index is 12.1. The summed E-state index contributed by atoms with van der Waals surface area (Å²) in [7, 11) is 0. The lowest BCUT2D eigenvalue weighted by atomic mass is 10.1. The molecule has 1 N–H and O–H groups in total. The van der Waals surface area contributed by atoms with Crippen LogP contribution in [0.3, 0.4) is 0 Å². The van der Waals surface area contributed by atoms with Crippen molar-refractivity contribution in [1.82, 2.24) is 20.1 Å². The van der Waals surface area contributed by atoms with E-state index in [2.05, 4.69) is 15.4 Å². The summed E-state index contributed by atoms with van der Waals surface area (Å²) in [5.41, 5.74) is -0.110. The van der Waals surface area contributed by atoms with Crippen LogP contribution in [-0.2, 0) is 13.1 Å². The molecule has 1 heterocycles. The lowest BCUT2D eigenvalue weighted by Gasteiger charge is -2.20. The van der Waals surface area contributed by atoms with E-state index < -0.39 is 12.6 Å². The van der Waals surface area contributed by atoms with Gasteiger partial charge in [-0.05, 0) is 20.8 Å². The summed E-state index contributed by atoms with van der Waals surface area (Å²) in [5, 5.41) is 6.94. The van der Waals surface area contributed by atoms with Crippen LogP contribution in [0.25, 0.3) is 0 Å². The normalized spacial score (nSPS) is 13.1. The highest BCUT2D eigenvalue weighted by Crippen LogP contribution is 2.20. The largest absolute Gasteiger partial charge is 0.390 e. The highest BCUT2D eigenvalue weighted by molar-refractivity contribution is 4.86. The van der Waals surface area contributed by atoms with Gasteiger partial charge in [-0.3, -0.25) is 0 Å². The molecule has 0 bridgehead atoms. The maximum Gasteiger partial charge on any atom is 0.390 e. The number of hydrogen-bond donors (Lipinski definition) is 1. The SMILES string of the molecule is CC(C)(C)NCc1ncnn1CCC(F)(F)F. The van der Waals surface area contributed by atoms with Gasteiger partial charge in [0.15, 0.2) is 0 Å². The van der Waals surface area contributed by atoms with Crippen molar-refractivity contribution in [3.63, 3.8) is 0 Å². The minimum atomic E-state index is -4.17. The van der Waals surface area contributed by atoms with Crippen LogP contribution in [0.2, 0.25) is 0 Å². The minimum absolute atomic E-state index is 0.110. The maximum atomic E-state index is 12.1. The summed E-state index contributed by atoms with van der Waals surface area (Å²) in [4.78, 5) is 3.94. The summed E-state index contributed by atoms with van der Waals surface area (Å²) >= 11 is 0. The predicted molar refractivity (Wildman–Crippen MR) is 57.3 cm³/mol. The van der Waals surface area contributed by atoms with Crippen LogP contribution >= 0.6 is 0 Å². The van der Waals surface area contributed by atoms with Gasteiger partial charge < -0.3 is 5.32 Å². The second kappa shape index (κ2) is 5.03. The van der Waals surface area contributed by atoms with Crippen LogP contribution < -0.4 is 5.32 Å². The van der Waals surface area contributed by atoms with Gasteiger partial charge in [0.1, 0.15) is 12.2 Å². The van der Waals surface area contributed by atoms with E-state index in [-0.39, 0.29) is 12.1 Å². The van der Waals surface area contributed by atoms with E-state index in [4.69, 9.17) is 0 Å². The number of alkyl halides is 3. The van der Waals surface area contributed by atoms with E-state index >= 15 is 0 Å². The Labute approximate surface area is 98.2 Å². The quantitative estimate of drug-likeness (QED) is 0.890. The molecule has 1 aromatic rings. The van der Waals surface area contributed by atoms with Crippen LogP contribution in [-0.4, -0.2) is 26.5 Å². The number of aryl methyl sites for hydroxylation is 1. The Morgan fingerprint density at radius 3 is 2.47 bits per heavy atom. The molecule has 0 unspecified atom stereocenters. The first-order chi connectivity index (χ1) is 7.67. The molecule has 0 saturated heterocycles. The Hall–Kier alpha value is -1.11. The molecule has 0 amide bonds. The fourth-order valence-corrected chi connectivity index (χ4v) is 1.19. The topological polar surface area (TPSA) is 42.7 Å². The average molecular weight is 250 g/mol. The molecule has 0 atom stereocenters. The number of hydrogen-bond acceptors (Lipinski definition) is 3. The molecular formula is C10H17F3N4. The molecule has 4 nitrogen and oxygen atoms in total. The zero-order valence-electron chi connectivity index (χ0n) is 10.2. The van der Waals surface area contributed by atoms with Crippen LogP contribution in [0.5, 0.6) is 0 Å². The van der Waals surface area contributed by atoms with Gasteiger partial charge >= 0.3 is 6.18 Å². The van der Waals surface area contributed by atoms with Crippen LogP contribution in [0.15, 0.2) is 6.33 Å². The van der Waals surface area contributed by atoms with Crippen molar-refractivity contribution in [2.75, 3.05) is 0 Å². The Morgan fingerprint density at radius 1 is 1.29 bits per heavy atom. The number of rotatable bonds is 4. The number of halogens is 3. The highest BCUT2D eigenvalue weighted by atomic mass is 19.4. The van der Waals surface area contributed by atoms with Gasteiger partial charge in [0, 0.05) is 5.54 Å². The second-order valence-corrected chi connectivity index (χ2v) is 4.87. The van der Waals surface area contributed by atoms with Crippen LogP contribution in [0.4, 0.5) is 13.2 Å². The lowest BCUT2D eigenvalue weighted by Crippen LogP contribution is -2.36. The summed E-state index contributed by atoms with van der Waals surface area (Å²) in [6.45, 7) is 6.14. The van der Waals surface area contributed by atoms with Crippen molar-refractivity contribution in [3.05, 3.63) is 12.2 Å². The summed E-state index contributed by atoms with van der Waals surface area (Å²) in [6.07, 6.45) is -3.78. The van der Waals surface area contributed by atoms with E-state index in [1.54, 1.807) is 0 Å². The summed E-state index contributed by atoms with van der Waals surface area (Å²) in [6, 6.07) is 0.